The fourth-order valence-electron chi connectivity index (χ4n) is 2.81. The lowest BCUT2D eigenvalue weighted by atomic mass is 9.96. The van der Waals surface area contributed by atoms with Crippen LogP contribution in [0.3, 0.4) is 0 Å². The summed E-state index contributed by atoms with van der Waals surface area (Å²) in [4.78, 5) is 30.1. The molecule has 1 fully saturated rings. The highest BCUT2D eigenvalue weighted by molar-refractivity contribution is 5.94. The van der Waals surface area contributed by atoms with Crippen LogP contribution < -0.4 is 10.2 Å². The van der Waals surface area contributed by atoms with Crippen molar-refractivity contribution in [1.29, 1.82) is 0 Å². The molecule has 7 nitrogen and oxygen atoms in total. The van der Waals surface area contributed by atoms with Gasteiger partial charge in [0, 0.05) is 25.8 Å². The molecular formula is C18H27N3O4. The molecule has 1 saturated heterocycles. The van der Waals surface area contributed by atoms with Crippen LogP contribution in [0.25, 0.3) is 0 Å². The number of methoxy groups -OCH3 is 1. The van der Waals surface area contributed by atoms with Gasteiger partial charge in [0.2, 0.25) is 0 Å². The van der Waals surface area contributed by atoms with Gasteiger partial charge in [-0.1, -0.05) is 0 Å². The number of piperidine rings is 1. The highest BCUT2D eigenvalue weighted by Crippen LogP contribution is 2.24. The summed E-state index contributed by atoms with van der Waals surface area (Å²) in [6.07, 6.45) is 3.12. The molecule has 7 heteroatoms. The summed E-state index contributed by atoms with van der Waals surface area (Å²) in [6, 6.07) is 3.46. The number of ether oxygens (including phenoxy) is 2. The van der Waals surface area contributed by atoms with E-state index >= 15 is 0 Å². The van der Waals surface area contributed by atoms with E-state index in [1.165, 1.54) is 7.11 Å². The number of pyridine rings is 1. The fraction of sp³-hybridized carbons (Fsp3) is 0.611. The van der Waals surface area contributed by atoms with E-state index in [2.05, 4.69) is 15.2 Å². The minimum absolute atomic E-state index is 0.378. The van der Waals surface area contributed by atoms with Crippen LogP contribution in [0.15, 0.2) is 18.3 Å². The van der Waals surface area contributed by atoms with Crippen molar-refractivity contribution in [3.8, 4) is 0 Å². The second-order valence-corrected chi connectivity index (χ2v) is 7.18. The molecule has 0 atom stereocenters. The van der Waals surface area contributed by atoms with Gasteiger partial charge < -0.3 is 19.7 Å². The Bertz CT molecular complexity index is 605. The second-order valence-electron chi connectivity index (χ2n) is 7.18. The molecule has 1 aliphatic rings. The molecule has 2 heterocycles. The van der Waals surface area contributed by atoms with Gasteiger partial charge in [0.1, 0.15) is 17.0 Å². The molecule has 0 spiro atoms. The summed E-state index contributed by atoms with van der Waals surface area (Å²) in [5.74, 6) is 0.666. The van der Waals surface area contributed by atoms with Gasteiger partial charge >= 0.3 is 12.1 Å². The predicted octanol–water partition coefficient (Wildman–Crippen LogP) is 2.61. The largest absolute Gasteiger partial charge is 0.465 e. The lowest BCUT2D eigenvalue weighted by Crippen LogP contribution is -2.40. The second kappa shape index (κ2) is 8.18. The average Bonchev–Trinajstić information content (AvgIpc) is 2.58. The Morgan fingerprint density at radius 3 is 2.60 bits per heavy atom. The lowest BCUT2D eigenvalue weighted by Gasteiger charge is -2.33. The molecule has 1 N–H and O–H groups in total. The number of nitrogens with zero attached hydrogens (tertiary/aromatic N) is 2. The Kier molecular flexibility index (Phi) is 6.22. The van der Waals surface area contributed by atoms with E-state index in [1.807, 2.05) is 20.8 Å². The van der Waals surface area contributed by atoms with Crippen molar-refractivity contribution in [3.05, 3.63) is 23.9 Å². The molecule has 0 aliphatic carbocycles. The Labute approximate surface area is 148 Å². The van der Waals surface area contributed by atoms with Crippen LogP contribution >= 0.6 is 0 Å². The van der Waals surface area contributed by atoms with Gasteiger partial charge in [0.25, 0.3) is 0 Å². The molecule has 138 valence electrons. The van der Waals surface area contributed by atoms with Gasteiger partial charge in [-0.2, -0.15) is 0 Å². The normalized spacial score (nSPS) is 15.6. The summed E-state index contributed by atoms with van der Waals surface area (Å²) in [6.45, 7) is 7.68. The number of nitrogens with one attached hydrogen (secondary N) is 1. The van der Waals surface area contributed by atoms with E-state index in [0.29, 0.717) is 23.8 Å². The molecule has 1 amide bonds. The molecule has 2 rings (SSSR count). The van der Waals surface area contributed by atoms with Gasteiger partial charge in [0.05, 0.1) is 7.11 Å². The molecule has 0 aromatic carbocycles. The number of carbonyl (C=O) groups excluding carboxylic acids is 2. The molecule has 1 aromatic rings. The first-order valence-electron chi connectivity index (χ1n) is 8.55. The van der Waals surface area contributed by atoms with Gasteiger partial charge in [0.15, 0.2) is 0 Å². The van der Waals surface area contributed by atoms with E-state index in [1.54, 1.807) is 18.3 Å². The summed E-state index contributed by atoms with van der Waals surface area (Å²) in [5.41, 5.74) is -0.00758. The van der Waals surface area contributed by atoms with E-state index < -0.39 is 5.60 Å². The highest BCUT2D eigenvalue weighted by atomic mass is 16.6. The standard InChI is InChI=1S/C18H27N3O4/c1-18(2,3)25-17(23)20-12-13-7-10-21(11-8-13)15-14(16(22)24-4)6-5-9-19-15/h5-6,9,13H,7-8,10-12H2,1-4H3,(H,20,23). The first-order chi connectivity index (χ1) is 11.8. The first kappa shape index (κ1) is 19.0. The molecule has 25 heavy (non-hydrogen) atoms. The quantitative estimate of drug-likeness (QED) is 0.842. The van der Waals surface area contributed by atoms with Crippen molar-refractivity contribution in [3.63, 3.8) is 0 Å². The summed E-state index contributed by atoms with van der Waals surface area (Å²) >= 11 is 0. The Morgan fingerprint density at radius 2 is 2.00 bits per heavy atom. The monoisotopic (exact) mass is 349 g/mol. The van der Waals surface area contributed by atoms with Crippen molar-refractivity contribution in [1.82, 2.24) is 10.3 Å². The van der Waals surface area contributed by atoms with E-state index in [4.69, 9.17) is 9.47 Å². The third kappa shape index (κ3) is 5.62. The Morgan fingerprint density at radius 1 is 1.32 bits per heavy atom. The summed E-state index contributed by atoms with van der Waals surface area (Å²) < 4.78 is 10.1. The van der Waals surface area contributed by atoms with Crippen LogP contribution in [-0.2, 0) is 9.47 Å². The number of alkyl carbamates (subject to hydrolysis) is 1. The van der Waals surface area contributed by atoms with Crippen molar-refractivity contribution in [2.45, 2.75) is 39.2 Å². The smallest absolute Gasteiger partial charge is 0.407 e. The van der Waals surface area contributed by atoms with Gasteiger partial charge in [-0.25, -0.2) is 14.6 Å². The van der Waals surface area contributed by atoms with Gasteiger partial charge in [-0.15, -0.1) is 0 Å². The number of amides is 1. The van der Waals surface area contributed by atoms with Crippen molar-refractivity contribution >= 4 is 17.9 Å². The number of hydrogen-bond donors (Lipinski definition) is 1. The number of esters is 1. The topological polar surface area (TPSA) is 80.8 Å². The van der Waals surface area contributed by atoms with Crippen LogP contribution in [0, 0.1) is 5.92 Å². The van der Waals surface area contributed by atoms with Crippen LogP contribution in [0.4, 0.5) is 10.6 Å². The van der Waals surface area contributed by atoms with Crippen molar-refractivity contribution in [2.24, 2.45) is 5.92 Å². The lowest BCUT2D eigenvalue weighted by molar-refractivity contribution is 0.0515. The van der Waals surface area contributed by atoms with Gasteiger partial charge in [-0.3, -0.25) is 0 Å². The maximum absolute atomic E-state index is 11.9. The average molecular weight is 349 g/mol. The van der Waals surface area contributed by atoms with E-state index in [0.717, 1.165) is 25.9 Å². The third-order valence-electron chi connectivity index (χ3n) is 4.04. The Hall–Kier alpha value is -2.31. The predicted molar refractivity (Wildman–Crippen MR) is 94.8 cm³/mol. The van der Waals surface area contributed by atoms with Crippen LogP contribution in [0.1, 0.15) is 44.0 Å². The minimum Gasteiger partial charge on any atom is -0.465 e. The highest BCUT2D eigenvalue weighted by Gasteiger charge is 2.25. The number of rotatable bonds is 4. The number of anilines is 1. The van der Waals surface area contributed by atoms with Crippen LogP contribution in [0.2, 0.25) is 0 Å². The van der Waals surface area contributed by atoms with Crippen LogP contribution in [0.5, 0.6) is 0 Å². The Balaban J connectivity index is 1.86. The molecular weight excluding hydrogens is 322 g/mol. The van der Waals surface area contributed by atoms with Crippen LogP contribution in [-0.4, -0.2) is 49.4 Å². The minimum atomic E-state index is -0.489. The molecule has 0 unspecified atom stereocenters. The molecule has 1 aromatic heterocycles. The fourth-order valence-corrected chi connectivity index (χ4v) is 2.81. The van der Waals surface area contributed by atoms with E-state index in [9.17, 15) is 9.59 Å². The maximum Gasteiger partial charge on any atom is 0.407 e. The zero-order valence-corrected chi connectivity index (χ0v) is 15.4. The summed E-state index contributed by atoms with van der Waals surface area (Å²) in [7, 11) is 1.37. The summed E-state index contributed by atoms with van der Waals surface area (Å²) in [5, 5.41) is 2.83. The van der Waals surface area contributed by atoms with E-state index in [-0.39, 0.29) is 12.1 Å². The third-order valence-corrected chi connectivity index (χ3v) is 4.04. The number of aromatic nitrogens is 1. The molecule has 0 bridgehead atoms. The van der Waals surface area contributed by atoms with Gasteiger partial charge in [-0.05, 0) is 51.7 Å². The maximum atomic E-state index is 11.9. The van der Waals surface area contributed by atoms with Crippen molar-refractivity contribution < 1.29 is 19.1 Å². The first-order valence-corrected chi connectivity index (χ1v) is 8.55. The molecule has 0 radical (unpaired) electrons. The zero-order valence-electron chi connectivity index (χ0n) is 15.4. The van der Waals surface area contributed by atoms with Crippen molar-refractivity contribution in [2.75, 3.05) is 31.6 Å². The number of hydrogen-bond acceptors (Lipinski definition) is 6. The number of carbonyl (C=O) groups is 2. The zero-order chi connectivity index (χ0) is 18.4. The molecule has 1 aliphatic heterocycles. The molecule has 0 saturated carbocycles. The SMILES string of the molecule is COC(=O)c1cccnc1N1CCC(CNC(=O)OC(C)(C)C)CC1.